The van der Waals surface area contributed by atoms with Gasteiger partial charge in [-0.15, -0.1) is 0 Å². The first-order valence-electron chi connectivity index (χ1n) is 10.7. The second-order valence-electron chi connectivity index (χ2n) is 9.11. The molecule has 0 amide bonds. The van der Waals surface area contributed by atoms with E-state index in [4.69, 9.17) is 4.74 Å². The van der Waals surface area contributed by atoms with Gasteiger partial charge in [-0.05, 0) is 67.8 Å². The van der Waals surface area contributed by atoms with Gasteiger partial charge in [-0.1, -0.05) is 18.9 Å². The van der Waals surface area contributed by atoms with Crippen molar-refractivity contribution in [2.45, 2.75) is 68.0 Å². The Morgan fingerprint density at radius 2 is 2.00 bits per heavy atom. The molecule has 30 heavy (non-hydrogen) atoms. The molecule has 0 spiro atoms. The highest BCUT2D eigenvalue weighted by Gasteiger charge is 2.54. The zero-order chi connectivity index (χ0) is 21.1. The summed E-state index contributed by atoms with van der Waals surface area (Å²) >= 11 is 0. The van der Waals surface area contributed by atoms with Crippen molar-refractivity contribution < 1.29 is 30.5 Å². The quantitative estimate of drug-likeness (QED) is 0.522. The number of rotatable bonds is 4. The third kappa shape index (κ3) is 3.24. The van der Waals surface area contributed by atoms with Crippen LogP contribution >= 0.6 is 0 Å². The number of piperidine rings is 1. The summed E-state index contributed by atoms with van der Waals surface area (Å²) < 4.78 is 71.5. The van der Waals surface area contributed by atoms with Crippen molar-refractivity contribution in [1.82, 2.24) is 4.90 Å². The Morgan fingerprint density at radius 1 is 1.20 bits per heavy atom. The van der Waals surface area contributed by atoms with Crippen LogP contribution in [0.5, 0.6) is 5.75 Å². The van der Waals surface area contributed by atoms with Gasteiger partial charge in [0.05, 0.1) is 6.10 Å². The van der Waals surface area contributed by atoms with E-state index in [9.17, 15) is 21.6 Å². The highest BCUT2D eigenvalue weighted by atomic mass is 32.2. The molecule has 1 aromatic rings. The molecule has 2 aliphatic carbocycles. The summed E-state index contributed by atoms with van der Waals surface area (Å²) in [5, 5.41) is 0. The van der Waals surface area contributed by atoms with E-state index in [1.165, 1.54) is 6.07 Å². The second-order valence-corrected chi connectivity index (χ2v) is 10.6. The molecule has 9 heteroatoms. The minimum Gasteiger partial charge on any atom is -0.377 e. The molecule has 4 aliphatic rings. The molecule has 166 valence electrons. The van der Waals surface area contributed by atoms with Crippen LogP contribution in [0.25, 0.3) is 0 Å². The Hall–Kier alpha value is -1.32. The average molecular weight is 446 g/mol. The lowest BCUT2D eigenvalue weighted by atomic mass is 9.52. The molecule has 0 aromatic heterocycles. The molecular weight excluding hydrogens is 419 g/mol. The Bertz CT molecular complexity index is 931. The molecule has 5 rings (SSSR count). The van der Waals surface area contributed by atoms with E-state index in [2.05, 4.69) is 9.08 Å². The van der Waals surface area contributed by atoms with Gasteiger partial charge >= 0.3 is 15.6 Å². The molecule has 1 unspecified atom stereocenters. The van der Waals surface area contributed by atoms with E-state index in [1.54, 1.807) is 12.1 Å². The molecule has 1 saturated carbocycles. The van der Waals surface area contributed by atoms with Crippen LogP contribution in [0, 0.1) is 5.92 Å². The van der Waals surface area contributed by atoms with Gasteiger partial charge in [0, 0.05) is 24.6 Å². The molecule has 0 N–H and O–H groups in total. The molecule has 2 saturated heterocycles. The molecular formula is C21H26F3NO4S. The summed E-state index contributed by atoms with van der Waals surface area (Å²) in [6.07, 6.45) is 7.51. The number of ether oxygens (including phenoxy) is 1. The van der Waals surface area contributed by atoms with Gasteiger partial charge in [0.25, 0.3) is 0 Å². The summed E-state index contributed by atoms with van der Waals surface area (Å²) in [5.41, 5.74) is -3.43. The highest BCUT2D eigenvalue weighted by Crippen LogP contribution is 2.56. The number of nitrogens with zero attached hydrogens (tertiary/aromatic N) is 1. The normalized spacial score (nSPS) is 33.9. The number of fused-ring (bicyclic) bond motifs is 1. The third-order valence-electron chi connectivity index (χ3n) is 7.64. The van der Waals surface area contributed by atoms with Crippen molar-refractivity contribution in [2.24, 2.45) is 5.92 Å². The molecule has 2 aliphatic heterocycles. The van der Waals surface area contributed by atoms with Gasteiger partial charge in [-0.25, -0.2) is 0 Å². The van der Waals surface area contributed by atoms with Gasteiger partial charge in [0.1, 0.15) is 5.75 Å². The van der Waals surface area contributed by atoms with E-state index in [0.29, 0.717) is 18.1 Å². The summed E-state index contributed by atoms with van der Waals surface area (Å²) in [4.78, 5) is 2.56. The lowest BCUT2D eigenvalue weighted by Crippen LogP contribution is -2.62. The van der Waals surface area contributed by atoms with Crippen LogP contribution in [-0.2, 0) is 26.7 Å². The molecule has 2 heterocycles. The Kier molecular flexibility index (Phi) is 4.87. The number of hydrogen-bond donors (Lipinski definition) is 0. The van der Waals surface area contributed by atoms with Crippen molar-refractivity contribution in [3.8, 4) is 5.75 Å². The predicted octanol–water partition coefficient (Wildman–Crippen LogP) is 3.76. The van der Waals surface area contributed by atoms with E-state index < -0.39 is 15.6 Å². The molecule has 0 radical (unpaired) electrons. The molecule has 5 nitrogen and oxygen atoms in total. The van der Waals surface area contributed by atoms with Gasteiger partial charge in [0.15, 0.2) is 0 Å². The molecule has 1 aromatic carbocycles. The first kappa shape index (κ1) is 20.6. The maximum Gasteiger partial charge on any atom is 0.534 e. The van der Waals surface area contributed by atoms with Crippen LogP contribution in [0.3, 0.4) is 0 Å². The zero-order valence-corrected chi connectivity index (χ0v) is 17.5. The number of hydrogen-bond acceptors (Lipinski definition) is 5. The summed E-state index contributed by atoms with van der Waals surface area (Å²) in [7, 11) is -5.67. The fraction of sp³-hybridized carbons (Fsp3) is 0.714. The number of halogens is 3. The minimum absolute atomic E-state index is 0.102. The SMILES string of the molecule is O=S(=O)(Oc1ccc2c(c1)[C@@]13CCCC[C@H]1[C@@H](C2)N(CC1CCO1)CC3)C(F)(F)F. The van der Waals surface area contributed by atoms with Crippen LogP contribution in [0.1, 0.15) is 49.7 Å². The second kappa shape index (κ2) is 7.10. The van der Waals surface area contributed by atoms with E-state index in [-0.39, 0.29) is 11.2 Å². The fourth-order valence-corrected chi connectivity index (χ4v) is 6.66. The molecule has 3 fully saturated rings. The lowest BCUT2D eigenvalue weighted by molar-refractivity contribution is -0.0947. The van der Waals surface area contributed by atoms with Crippen LogP contribution < -0.4 is 4.18 Å². The first-order valence-corrected chi connectivity index (χ1v) is 12.1. The van der Waals surface area contributed by atoms with E-state index in [0.717, 1.165) is 75.8 Å². The highest BCUT2D eigenvalue weighted by molar-refractivity contribution is 7.88. The summed E-state index contributed by atoms with van der Waals surface area (Å²) in [6, 6.07) is 5.09. The third-order valence-corrected chi connectivity index (χ3v) is 8.62. The summed E-state index contributed by atoms with van der Waals surface area (Å²) in [6.45, 7) is 2.72. The Morgan fingerprint density at radius 3 is 2.70 bits per heavy atom. The van der Waals surface area contributed by atoms with Crippen molar-refractivity contribution >= 4 is 10.1 Å². The van der Waals surface area contributed by atoms with Crippen molar-refractivity contribution in [2.75, 3.05) is 19.7 Å². The topological polar surface area (TPSA) is 55.8 Å². The minimum atomic E-state index is -5.67. The van der Waals surface area contributed by atoms with Crippen molar-refractivity contribution in [3.63, 3.8) is 0 Å². The van der Waals surface area contributed by atoms with Crippen LogP contribution in [-0.4, -0.2) is 50.7 Å². The van der Waals surface area contributed by atoms with Gasteiger partial charge < -0.3 is 8.92 Å². The Balaban J connectivity index is 1.49. The lowest BCUT2D eigenvalue weighted by Gasteiger charge is -2.59. The maximum atomic E-state index is 12.8. The van der Waals surface area contributed by atoms with Crippen LogP contribution in [0.4, 0.5) is 13.2 Å². The summed E-state index contributed by atoms with van der Waals surface area (Å²) in [5.74, 6) is 0.190. The number of benzene rings is 1. The Labute approximate surface area is 174 Å². The average Bonchev–Trinajstić information content (AvgIpc) is 2.65. The largest absolute Gasteiger partial charge is 0.534 e. The first-order chi connectivity index (χ1) is 14.2. The zero-order valence-electron chi connectivity index (χ0n) is 16.7. The smallest absolute Gasteiger partial charge is 0.377 e. The fourth-order valence-electron chi connectivity index (χ4n) is 6.21. The molecule has 2 bridgehead atoms. The van der Waals surface area contributed by atoms with E-state index in [1.807, 2.05) is 0 Å². The number of alkyl halides is 3. The number of likely N-dealkylation sites (tertiary alicyclic amines) is 1. The van der Waals surface area contributed by atoms with Gasteiger partial charge in [0.2, 0.25) is 0 Å². The van der Waals surface area contributed by atoms with Crippen molar-refractivity contribution in [1.29, 1.82) is 0 Å². The van der Waals surface area contributed by atoms with Crippen LogP contribution in [0.15, 0.2) is 18.2 Å². The standard InChI is InChI=1S/C21H26F3NO4S/c22-21(23,24)30(26,27)29-15-5-4-14-11-19-17-3-1-2-7-20(17,18(14)12-15)8-9-25(19)13-16-6-10-28-16/h4-5,12,16-17,19H,1-3,6-11,13H2/t16?,17-,19+,20+/m0/s1. The van der Waals surface area contributed by atoms with Gasteiger partial charge in [-0.2, -0.15) is 21.6 Å². The maximum absolute atomic E-state index is 12.8. The predicted molar refractivity (Wildman–Crippen MR) is 104 cm³/mol. The van der Waals surface area contributed by atoms with Gasteiger partial charge in [-0.3, -0.25) is 4.90 Å². The van der Waals surface area contributed by atoms with Crippen LogP contribution in [0.2, 0.25) is 0 Å². The monoisotopic (exact) mass is 445 g/mol. The molecule has 4 atom stereocenters. The van der Waals surface area contributed by atoms with E-state index >= 15 is 0 Å². The van der Waals surface area contributed by atoms with Crippen molar-refractivity contribution in [3.05, 3.63) is 29.3 Å².